The van der Waals surface area contributed by atoms with E-state index >= 15 is 0 Å². The SMILES string of the molecule is CNCc1ccc(OCc2cncc(Br)c2)c(F)c1. The molecule has 0 fully saturated rings. The number of benzene rings is 1. The maximum absolute atomic E-state index is 13.8. The van der Waals surface area contributed by atoms with Gasteiger partial charge in [-0.1, -0.05) is 6.07 Å². The van der Waals surface area contributed by atoms with E-state index in [1.807, 2.05) is 19.2 Å². The second-order valence-corrected chi connectivity index (χ2v) is 5.01. The van der Waals surface area contributed by atoms with Crippen LogP contribution in [-0.2, 0) is 13.2 Å². The topological polar surface area (TPSA) is 34.1 Å². The van der Waals surface area contributed by atoms with E-state index in [0.717, 1.165) is 15.6 Å². The van der Waals surface area contributed by atoms with Gasteiger partial charge in [0.1, 0.15) is 6.61 Å². The Morgan fingerprint density at radius 2 is 2.11 bits per heavy atom. The summed E-state index contributed by atoms with van der Waals surface area (Å²) in [5.41, 5.74) is 1.77. The summed E-state index contributed by atoms with van der Waals surface area (Å²) in [7, 11) is 1.82. The molecule has 100 valence electrons. The van der Waals surface area contributed by atoms with E-state index in [0.29, 0.717) is 6.54 Å². The zero-order valence-electron chi connectivity index (χ0n) is 10.5. The highest BCUT2D eigenvalue weighted by molar-refractivity contribution is 9.10. The molecule has 1 heterocycles. The fraction of sp³-hybridized carbons (Fsp3) is 0.214. The quantitative estimate of drug-likeness (QED) is 0.916. The van der Waals surface area contributed by atoms with Gasteiger partial charge in [0, 0.05) is 29.0 Å². The van der Waals surface area contributed by atoms with Crippen LogP contribution < -0.4 is 10.1 Å². The molecule has 2 aromatic rings. The lowest BCUT2D eigenvalue weighted by molar-refractivity contribution is 0.289. The molecule has 0 amide bonds. The first kappa shape index (κ1) is 14.0. The van der Waals surface area contributed by atoms with Gasteiger partial charge in [-0.15, -0.1) is 0 Å². The van der Waals surface area contributed by atoms with Crippen LogP contribution in [0.3, 0.4) is 0 Å². The van der Waals surface area contributed by atoms with Crippen molar-refractivity contribution >= 4 is 15.9 Å². The summed E-state index contributed by atoms with van der Waals surface area (Å²) < 4.78 is 20.1. The molecule has 0 saturated carbocycles. The van der Waals surface area contributed by atoms with Crippen molar-refractivity contribution in [3.8, 4) is 5.75 Å². The second-order valence-electron chi connectivity index (χ2n) is 4.10. The molecule has 0 aliphatic heterocycles. The summed E-state index contributed by atoms with van der Waals surface area (Å²) in [5.74, 6) is -0.101. The van der Waals surface area contributed by atoms with Crippen molar-refractivity contribution in [3.63, 3.8) is 0 Å². The molecule has 1 N–H and O–H groups in total. The fourth-order valence-electron chi connectivity index (χ4n) is 1.67. The number of nitrogens with zero attached hydrogens (tertiary/aromatic N) is 1. The average Bonchev–Trinajstić information content (AvgIpc) is 2.38. The van der Waals surface area contributed by atoms with Gasteiger partial charge in [0.15, 0.2) is 11.6 Å². The molecule has 5 heteroatoms. The Kier molecular flexibility index (Phi) is 4.87. The molecular formula is C14H14BrFN2O. The van der Waals surface area contributed by atoms with Gasteiger partial charge in [-0.05, 0) is 46.7 Å². The van der Waals surface area contributed by atoms with Crippen molar-refractivity contribution < 1.29 is 9.13 Å². The van der Waals surface area contributed by atoms with Crippen molar-refractivity contribution in [2.45, 2.75) is 13.2 Å². The van der Waals surface area contributed by atoms with Crippen molar-refractivity contribution in [1.82, 2.24) is 10.3 Å². The average molecular weight is 325 g/mol. The highest BCUT2D eigenvalue weighted by Crippen LogP contribution is 2.20. The van der Waals surface area contributed by atoms with Gasteiger partial charge in [0.25, 0.3) is 0 Å². The van der Waals surface area contributed by atoms with E-state index in [-0.39, 0.29) is 18.2 Å². The zero-order chi connectivity index (χ0) is 13.7. The van der Waals surface area contributed by atoms with Crippen LogP contribution in [0.5, 0.6) is 5.75 Å². The Morgan fingerprint density at radius 1 is 1.26 bits per heavy atom. The molecule has 1 aromatic heterocycles. The van der Waals surface area contributed by atoms with Gasteiger partial charge < -0.3 is 10.1 Å². The summed E-state index contributed by atoms with van der Waals surface area (Å²) in [4.78, 5) is 4.03. The van der Waals surface area contributed by atoms with Crippen LogP contribution in [0.25, 0.3) is 0 Å². The predicted molar refractivity (Wildman–Crippen MR) is 75.4 cm³/mol. The number of hydrogen-bond donors (Lipinski definition) is 1. The Morgan fingerprint density at radius 3 is 2.79 bits per heavy atom. The van der Waals surface area contributed by atoms with E-state index in [9.17, 15) is 4.39 Å². The summed E-state index contributed by atoms with van der Waals surface area (Å²) in [5, 5.41) is 2.97. The minimum absolute atomic E-state index is 0.250. The van der Waals surface area contributed by atoms with Gasteiger partial charge in [-0.25, -0.2) is 4.39 Å². The zero-order valence-corrected chi connectivity index (χ0v) is 12.1. The first-order chi connectivity index (χ1) is 9.19. The molecule has 0 bridgehead atoms. The number of rotatable bonds is 5. The van der Waals surface area contributed by atoms with Crippen LogP contribution in [0.15, 0.2) is 41.1 Å². The van der Waals surface area contributed by atoms with Crippen LogP contribution in [0.4, 0.5) is 4.39 Å². The summed E-state index contributed by atoms with van der Waals surface area (Å²) >= 11 is 3.33. The Labute approximate surface area is 119 Å². The summed E-state index contributed by atoms with van der Waals surface area (Å²) in [6.07, 6.45) is 3.38. The number of ether oxygens (including phenoxy) is 1. The highest BCUT2D eigenvalue weighted by atomic mass is 79.9. The Bertz CT molecular complexity index is 563. The number of halogens is 2. The summed E-state index contributed by atoms with van der Waals surface area (Å²) in [6.45, 7) is 0.918. The molecule has 0 aliphatic rings. The van der Waals surface area contributed by atoms with Crippen LogP contribution in [0, 0.1) is 5.82 Å². The third-order valence-electron chi connectivity index (χ3n) is 2.53. The molecule has 0 saturated heterocycles. The fourth-order valence-corrected chi connectivity index (χ4v) is 2.08. The lowest BCUT2D eigenvalue weighted by atomic mass is 10.2. The predicted octanol–water partition coefficient (Wildman–Crippen LogP) is 3.28. The van der Waals surface area contributed by atoms with Crippen molar-refractivity contribution in [2.24, 2.45) is 0 Å². The van der Waals surface area contributed by atoms with Gasteiger partial charge in [-0.2, -0.15) is 0 Å². The molecule has 19 heavy (non-hydrogen) atoms. The van der Waals surface area contributed by atoms with Crippen LogP contribution in [0.2, 0.25) is 0 Å². The van der Waals surface area contributed by atoms with Crippen molar-refractivity contribution in [3.05, 3.63) is 58.1 Å². The standard InChI is InChI=1S/C14H14BrFN2O/c1-17-6-10-2-3-14(13(16)5-10)19-9-11-4-12(15)8-18-7-11/h2-5,7-8,17H,6,9H2,1H3. The minimum Gasteiger partial charge on any atom is -0.486 e. The maximum atomic E-state index is 13.8. The number of hydrogen-bond acceptors (Lipinski definition) is 3. The number of nitrogens with one attached hydrogen (secondary N) is 1. The molecule has 0 radical (unpaired) electrons. The normalized spacial score (nSPS) is 10.5. The minimum atomic E-state index is -0.351. The Balaban J connectivity index is 2.03. The lowest BCUT2D eigenvalue weighted by Gasteiger charge is -2.09. The molecule has 0 aliphatic carbocycles. The molecule has 0 spiro atoms. The highest BCUT2D eigenvalue weighted by Gasteiger charge is 2.05. The van der Waals surface area contributed by atoms with Gasteiger partial charge >= 0.3 is 0 Å². The summed E-state index contributed by atoms with van der Waals surface area (Å²) in [6, 6.07) is 6.85. The van der Waals surface area contributed by atoms with Crippen LogP contribution >= 0.6 is 15.9 Å². The van der Waals surface area contributed by atoms with Crippen molar-refractivity contribution in [1.29, 1.82) is 0 Å². The van der Waals surface area contributed by atoms with E-state index in [1.165, 1.54) is 6.07 Å². The third kappa shape index (κ3) is 4.01. The first-order valence-electron chi connectivity index (χ1n) is 5.84. The first-order valence-corrected chi connectivity index (χ1v) is 6.63. The Hall–Kier alpha value is -1.46. The molecule has 0 atom stereocenters. The van der Waals surface area contributed by atoms with E-state index in [4.69, 9.17) is 4.74 Å². The van der Waals surface area contributed by atoms with E-state index < -0.39 is 0 Å². The maximum Gasteiger partial charge on any atom is 0.165 e. The number of aromatic nitrogens is 1. The molecule has 3 nitrogen and oxygen atoms in total. The lowest BCUT2D eigenvalue weighted by Crippen LogP contribution is -2.05. The molecule has 2 rings (SSSR count). The second kappa shape index (κ2) is 6.63. The van der Waals surface area contributed by atoms with Gasteiger partial charge in [-0.3, -0.25) is 4.98 Å². The van der Waals surface area contributed by atoms with Crippen LogP contribution in [0.1, 0.15) is 11.1 Å². The molecule has 1 aromatic carbocycles. The van der Waals surface area contributed by atoms with Gasteiger partial charge in [0.2, 0.25) is 0 Å². The van der Waals surface area contributed by atoms with E-state index in [2.05, 4.69) is 26.2 Å². The third-order valence-corrected chi connectivity index (χ3v) is 2.97. The van der Waals surface area contributed by atoms with Crippen molar-refractivity contribution in [2.75, 3.05) is 7.05 Å². The molecule has 0 unspecified atom stereocenters. The van der Waals surface area contributed by atoms with E-state index in [1.54, 1.807) is 18.5 Å². The monoisotopic (exact) mass is 324 g/mol. The van der Waals surface area contributed by atoms with Crippen LogP contribution in [-0.4, -0.2) is 12.0 Å². The largest absolute Gasteiger partial charge is 0.486 e. The molecular weight excluding hydrogens is 311 g/mol. The smallest absolute Gasteiger partial charge is 0.165 e. The van der Waals surface area contributed by atoms with Gasteiger partial charge in [0.05, 0.1) is 0 Å². The number of pyridine rings is 1.